The summed E-state index contributed by atoms with van der Waals surface area (Å²) in [6, 6.07) is 5.56. The monoisotopic (exact) mass is 425 g/mol. The predicted octanol–water partition coefficient (Wildman–Crippen LogP) is 4.02. The van der Waals surface area contributed by atoms with Gasteiger partial charge in [-0.1, -0.05) is 13.8 Å². The van der Waals surface area contributed by atoms with E-state index in [1.165, 1.54) is 13.0 Å². The van der Waals surface area contributed by atoms with Gasteiger partial charge in [0.1, 0.15) is 17.5 Å². The predicted molar refractivity (Wildman–Crippen MR) is 119 cm³/mol. The van der Waals surface area contributed by atoms with Crippen LogP contribution in [-0.4, -0.2) is 32.3 Å². The van der Waals surface area contributed by atoms with E-state index in [-0.39, 0.29) is 11.6 Å². The van der Waals surface area contributed by atoms with E-state index < -0.39 is 18.0 Å². The molecular formula is C23H31N5O3. The second kappa shape index (κ2) is 10.1. The van der Waals surface area contributed by atoms with Gasteiger partial charge in [-0.15, -0.1) is 0 Å². The highest BCUT2D eigenvalue weighted by atomic mass is 16.5. The summed E-state index contributed by atoms with van der Waals surface area (Å²) in [5.41, 5.74) is 2.65. The number of nitrogens with one attached hydrogen (secondary N) is 1. The van der Waals surface area contributed by atoms with Crippen molar-refractivity contribution in [3.63, 3.8) is 0 Å². The Bertz CT molecular complexity index is 1020. The average molecular weight is 426 g/mol. The summed E-state index contributed by atoms with van der Waals surface area (Å²) in [6.07, 6.45) is 2.02. The maximum Gasteiger partial charge on any atom is 0.349 e. The van der Waals surface area contributed by atoms with Crippen LogP contribution in [0.4, 0.5) is 5.82 Å². The Morgan fingerprint density at radius 3 is 2.52 bits per heavy atom. The summed E-state index contributed by atoms with van der Waals surface area (Å²) < 4.78 is 9.06. The van der Waals surface area contributed by atoms with Crippen molar-refractivity contribution in [2.75, 3.05) is 5.32 Å². The van der Waals surface area contributed by atoms with E-state index in [2.05, 4.69) is 28.8 Å². The van der Waals surface area contributed by atoms with Crippen LogP contribution in [0.5, 0.6) is 0 Å². The van der Waals surface area contributed by atoms with Gasteiger partial charge in [0.2, 0.25) is 0 Å². The Labute approximate surface area is 183 Å². The van der Waals surface area contributed by atoms with Crippen LogP contribution in [0, 0.1) is 31.1 Å². The molecule has 1 atom stereocenters. The Hall–Kier alpha value is -3.34. The van der Waals surface area contributed by atoms with Gasteiger partial charge in [-0.05, 0) is 58.2 Å². The maximum absolute atomic E-state index is 12.5. The highest BCUT2D eigenvalue weighted by molar-refractivity contribution is 6.01. The lowest BCUT2D eigenvalue weighted by Gasteiger charge is -2.15. The zero-order valence-corrected chi connectivity index (χ0v) is 19.3. The van der Waals surface area contributed by atoms with Crippen LogP contribution in [0.3, 0.4) is 0 Å². The van der Waals surface area contributed by atoms with Gasteiger partial charge in [-0.25, -0.2) is 9.48 Å². The molecular weight excluding hydrogens is 394 g/mol. The van der Waals surface area contributed by atoms with Crippen LogP contribution in [0.2, 0.25) is 0 Å². The zero-order chi connectivity index (χ0) is 23.3. The van der Waals surface area contributed by atoms with Gasteiger partial charge in [0, 0.05) is 30.0 Å². The molecule has 0 saturated carbocycles. The Morgan fingerprint density at radius 2 is 1.94 bits per heavy atom. The molecule has 8 heteroatoms. The molecule has 0 radical (unpaired) electrons. The standard InChI is InChI=1S/C23H31N5O3/c1-14(2)13-27-16(5)10-19(17(27)6)11-20(12-24)23(30)31-18(7)22(29)26-21-8-9-25-28(21)15(3)4/h8-11,14-15,18H,13H2,1-7H3,(H,26,29)/b20-11+/t18-/m0/s1. The van der Waals surface area contributed by atoms with Gasteiger partial charge < -0.3 is 14.6 Å². The van der Waals surface area contributed by atoms with E-state index in [0.29, 0.717) is 11.7 Å². The SMILES string of the molecule is Cc1cc(/C=C(\C#N)C(=O)O[C@@H](C)C(=O)Nc2ccnn2C(C)C)c(C)n1CC(C)C. The molecule has 0 aliphatic rings. The van der Waals surface area contributed by atoms with Crippen molar-refractivity contribution in [1.29, 1.82) is 5.26 Å². The molecule has 1 amide bonds. The van der Waals surface area contributed by atoms with Crippen molar-refractivity contribution in [2.24, 2.45) is 5.92 Å². The molecule has 166 valence electrons. The first-order valence-electron chi connectivity index (χ1n) is 10.4. The van der Waals surface area contributed by atoms with E-state index in [9.17, 15) is 14.9 Å². The summed E-state index contributed by atoms with van der Waals surface area (Å²) in [5.74, 6) is -0.357. The number of nitrogens with zero attached hydrogens (tertiary/aromatic N) is 4. The molecule has 0 aliphatic carbocycles. The zero-order valence-electron chi connectivity index (χ0n) is 19.3. The summed E-state index contributed by atoms with van der Waals surface area (Å²) in [6.45, 7) is 14.4. The number of anilines is 1. The summed E-state index contributed by atoms with van der Waals surface area (Å²) >= 11 is 0. The molecule has 0 fully saturated rings. The van der Waals surface area contributed by atoms with Gasteiger partial charge in [0.05, 0.1) is 6.20 Å². The van der Waals surface area contributed by atoms with E-state index in [1.54, 1.807) is 16.9 Å². The number of hydrogen-bond acceptors (Lipinski definition) is 5. The molecule has 2 rings (SSSR count). The number of aromatic nitrogens is 3. The molecule has 2 heterocycles. The number of rotatable bonds is 8. The number of ether oxygens (including phenoxy) is 1. The van der Waals surface area contributed by atoms with Crippen molar-refractivity contribution >= 4 is 23.8 Å². The van der Waals surface area contributed by atoms with Gasteiger partial charge in [-0.2, -0.15) is 10.4 Å². The molecule has 2 aromatic heterocycles. The second-order valence-corrected chi connectivity index (χ2v) is 8.29. The lowest BCUT2D eigenvalue weighted by molar-refractivity contribution is -0.148. The van der Waals surface area contributed by atoms with Crippen molar-refractivity contribution in [2.45, 2.75) is 67.2 Å². The minimum absolute atomic E-state index is 0.0611. The van der Waals surface area contributed by atoms with Crippen LogP contribution in [0.1, 0.15) is 57.6 Å². The molecule has 0 bridgehead atoms. The first-order chi connectivity index (χ1) is 14.5. The Morgan fingerprint density at radius 1 is 1.26 bits per heavy atom. The van der Waals surface area contributed by atoms with Crippen LogP contribution >= 0.6 is 0 Å². The first kappa shape index (κ1) is 23.9. The number of nitriles is 1. The number of amides is 1. The van der Waals surface area contributed by atoms with Gasteiger partial charge in [-0.3, -0.25) is 4.79 Å². The van der Waals surface area contributed by atoms with Crippen molar-refractivity contribution in [3.8, 4) is 6.07 Å². The first-order valence-corrected chi connectivity index (χ1v) is 10.4. The van der Waals surface area contributed by atoms with Crippen LogP contribution < -0.4 is 5.32 Å². The number of carbonyl (C=O) groups excluding carboxylic acids is 2. The third-order valence-corrected chi connectivity index (χ3v) is 4.86. The number of esters is 1. The van der Waals surface area contributed by atoms with E-state index in [4.69, 9.17) is 4.74 Å². The third-order valence-electron chi connectivity index (χ3n) is 4.86. The smallest absolute Gasteiger partial charge is 0.349 e. The van der Waals surface area contributed by atoms with Crippen LogP contribution in [-0.2, 0) is 20.9 Å². The minimum Gasteiger partial charge on any atom is -0.448 e. The lowest BCUT2D eigenvalue weighted by atomic mass is 10.1. The topological polar surface area (TPSA) is 102 Å². The molecule has 8 nitrogen and oxygen atoms in total. The summed E-state index contributed by atoms with van der Waals surface area (Å²) in [7, 11) is 0. The number of hydrogen-bond donors (Lipinski definition) is 1. The van der Waals surface area contributed by atoms with Gasteiger partial charge in [0.15, 0.2) is 6.10 Å². The molecule has 31 heavy (non-hydrogen) atoms. The highest BCUT2D eigenvalue weighted by Gasteiger charge is 2.22. The van der Waals surface area contributed by atoms with Crippen molar-refractivity contribution in [3.05, 3.63) is 40.9 Å². The van der Waals surface area contributed by atoms with Crippen molar-refractivity contribution in [1.82, 2.24) is 14.3 Å². The molecule has 0 spiro atoms. The fourth-order valence-electron chi connectivity index (χ4n) is 3.24. The molecule has 0 unspecified atom stereocenters. The highest BCUT2D eigenvalue weighted by Crippen LogP contribution is 2.20. The molecule has 0 aliphatic heterocycles. The normalized spacial score (nSPS) is 12.7. The van der Waals surface area contributed by atoms with E-state index in [1.807, 2.05) is 39.8 Å². The Balaban J connectivity index is 2.13. The largest absolute Gasteiger partial charge is 0.448 e. The average Bonchev–Trinajstić information content (AvgIpc) is 3.25. The molecule has 0 saturated heterocycles. The fourth-order valence-corrected chi connectivity index (χ4v) is 3.24. The quantitative estimate of drug-likeness (QED) is 0.391. The van der Waals surface area contributed by atoms with Gasteiger partial charge >= 0.3 is 5.97 Å². The number of carbonyl (C=O) groups is 2. The van der Waals surface area contributed by atoms with Crippen molar-refractivity contribution < 1.29 is 14.3 Å². The Kier molecular flexibility index (Phi) is 7.81. The maximum atomic E-state index is 12.5. The molecule has 2 aromatic rings. The second-order valence-electron chi connectivity index (χ2n) is 8.29. The van der Waals surface area contributed by atoms with E-state index >= 15 is 0 Å². The fraction of sp³-hybridized carbons (Fsp3) is 0.478. The van der Waals surface area contributed by atoms with Crippen LogP contribution in [0.15, 0.2) is 23.9 Å². The molecule has 0 aromatic carbocycles. The van der Waals surface area contributed by atoms with Crippen LogP contribution in [0.25, 0.3) is 6.08 Å². The van der Waals surface area contributed by atoms with Gasteiger partial charge in [0.25, 0.3) is 5.91 Å². The summed E-state index contributed by atoms with van der Waals surface area (Å²) in [4.78, 5) is 25.0. The minimum atomic E-state index is -1.08. The third kappa shape index (κ3) is 5.85. The van der Waals surface area contributed by atoms with E-state index in [0.717, 1.165) is 23.5 Å². The number of aryl methyl sites for hydroxylation is 1. The molecule has 1 N–H and O–H groups in total. The lowest BCUT2D eigenvalue weighted by Crippen LogP contribution is -2.31. The summed E-state index contributed by atoms with van der Waals surface area (Å²) in [5, 5.41) is 16.3.